The van der Waals surface area contributed by atoms with Crippen LogP contribution in [-0.2, 0) is 4.79 Å². The minimum atomic E-state index is -0.447. The normalized spacial score (nSPS) is 25.4. The second-order valence-electron chi connectivity index (χ2n) is 7.38. The second-order valence-corrected chi connectivity index (χ2v) is 7.38. The van der Waals surface area contributed by atoms with Gasteiger partial charge >= 0.3 is 0 Å². The summed E-state index contributed by atoms with van der Waals surface area (Å²) in [6, 6.07) is 14.9. The van der Waals surface area contributed by atoms with Gasteiger partial charge in [-0.1, -0.05) is 36.4 Å². The van der Waals surface area contributed by atoms with Crippen molar-refractivity contribution in [3.05, 3.63) is 59.7 Å². The molecule has 7 heteroatoms. The van der Waals surface area contributed by atoms with Crippen LogP contribution in [0.25, 0.3) is 0 Å². The molecule has 1 amide bonds. The molecule has 3 aliphatic heterocycles. The van der Waals surface area contributed by atoms with Gasteiger partial charge in [0.05, 0.1) is 6.04 Å². The number of benzene rings is 2. The fourth-order valence-electron chi connectivity index (χ4n) is 4.28. The van der Waals surface area contributed by atoms with E-state index in [1.54, 1.807) is 29.2 Å². The molecule has 28 heavy (non-hydrogen) atoms. The molecule has 0 aromatic heterocycles. The van der Waals surface area contributed by atoms with E-state index in [1.165, 1.54) is 0 Å². The summed E-state index contributed by atoms with van der Waals surface area (Å²) in [5.74, 6) is 0.783. The molecule has 0 bridgehead atoms. The van der Waals surface area contributed by atoms with Crippen molar-refractivity contribution in [1.29, 1.82) is 0 Å². The van der Waals surface area contributed by atoms with Crippen molar-refractivity contribution in [3.8, 4) is 11.5 Å². The van der Waals surface area contributed by atoms with Crippen LogP contribution in [0.5, 0.6) is 11.5 Å². The van der Waals surface area contributed by atoms with Crippen LogP contribution in [0.15, 0.2) is 48.5 Å². The fourth-order valence-corrected chi connectivity index (χ4v) is 4.28. The highest BCUT2D eigenvalue weighted by Gasteiger charge is 2.42. The number of carbonyl (C=O) groups is 2. The zero-order valence-electron chi connectivity index (χ0n) is 15.3. The average molecular weight is 379 g/mol. The standard InChI is InChI=1S/C21H21N3O4/c25-20(13-4-2-1-3-5-13)21(26)24-9-8-16-15(11-24)19(23-22-16)14-6-7-17-18(10-14)28-12-27-17/h1-7,10,15-16,19,22-23H,8-9,11-12H2. The topological polar surface area (TPSA) is 79.9 Å². The summed E-state index contributed by atoms with van der Waals surface area (Å²) in [5, 5.41) is 0. The highest BCUT2D eigenvalue weighted by molar-refractivity contribution is 6.42. The Hall–Kier alpha value is -2.90. The third-order valence-corrected chi connectivity index (χ3v) is 5.78. The number of ketones is 1. The average Bonchev–Trinajstić information content (AvgIpc) is 3.39. The highest BCUT2D eigenvalue weighted by atomic mass is 16.7. The number of hydrogen-bond donors (Lipinski definition) is 2. The largest absolute Gasteiger partial charge is 0.454 e. The number of piperidine rings is 1. The molecule has 144 valence electrons. The van der Waals surface area contributed by atoms with E-state index >= 15 is 0 Å². The van der Waals surface area contributed by atoms with Crippen LogP contribution >= 0.6 is 0 Å². The zero-order valence-corrected chi connectivity index (χ0v) is 15.3. The maximum absolute atomic E-state index is 12.8. The molecule has 3 aliphatic rings. The van der Waals surface area contributed by atoms with Crippen LogP contribution in [0, 0.1) is 5.92 Å². The van der Waals surface area contributed by atoms with Gasteiger partial charge in [-0.2, -0.15) is 0 Å². The zero-order chi connectivity index (χ0) is 19.1. The van der Waals surface area contributed by atoms with Crippen molar-refractivity contribution in [2.24, 2.45) is 5.92 Å². The molecule has 2 aromatic rings. The summed E-state index contributed by atoms with van der Waals surface area (Å²) in [4.78, 5) is 27.0. The number of nitrogens with one attached hydrogen (secondary N) is 2. The van der Waals surface area contributed by atoms with Gasteiger partial charge in [0.15, 0.2) is 11.5 Å². The number of fused-ring (bicyclic) bond motifs is 2. The van der Waals surface area contributed by atoms with E-state index in [9.17, 15) is 9.59 Å². The molecular weight excluding hydrogens is 358 g/mol. The van der Waals surface area contributed by atoms with E-state index in [0.29, 0.717) is 18.7 Å². The van der Waals surface area contributed by atoms with E-state index in [0.717, 1.165) is 23.5 Å². The lowest BCUT2D eigenvalue weighted by atomic mass is 9.84. The number of likely N-dealkylation sites (tertiary alicyclic amines) is 1. The molecule has 3 unspecified atom stereocenters. The Morgan fingerprint density at radius 3 is 2.68 bits per heavy atom. The first kappa shape index (κ1) is 17.2. The van der Waals surface area contributed by atoms with E-state index in [4.69, 9.17) is 9.47 Å². The fraction of sp³-hybridized carbons (Fsp3) is 0.333. The van der Waals surface area contributed by atoms with E-state index in [1.807, 2.05) is 24.3 Å². The molecule has 5 rings (SSSR count). The van der Waals surface area contributed by atoms with Crippen molar-refractivity contribution < 1.29 is 19.1 Å². The summed E-state index contributed by atoms with van der Waals surface area (Å²) in [5.41, 5.74) is 8.22. The summed E-state index contributed by atoms with van der Waals surface area (Å²) in [6.07, 6.45) is 0.798. The van der Waals surface area contributed by atoms with Gasteiger partial charge in [0.2, 0.25) is 12.6 Å². The Bertz CT molecular complexity index is 917. The number of carbonyl (C=O) groups excluding carboxylic acids is 2. The van der Waals surface area contributed by atoms with Crippen LogP contribution in [0.2, 0.25) is 0 Å². The molecular formula is C21H21N3O4. The van der Waals surface area contributed by atoms with Gasteiger partial charge in [0.1, 0.15) is 0 Å². The summed E-state index contributed by atoms with van der Waals surface area (Å²) in [6.45, 7) is 1.34. The van der Waals surface area contributed by atoms with Gasteiger partial charge in [0.25, 0.3) is 5.91 Å². The number of amides is 1. The molecule has 2 aromatic carbocycles. The summed E-state index contributed by atoms with van der Waals surface area (Å²) < 4.78 is 10.9. The molecule has 0 saturated carbocycles. The molecule has 2 N–H and O–H groups in total. The summed E-state index contributed by atoms with van der Waals surface area (Å²) in [7, 11) is 0. The van der Waals surface area contributed by atoms with Crippen LogP contribution in [0.4, 0.5) is 0 Å². The van der Waals surface area contributed by atoms with Gasteiger partial charge in [0, 0.05) is 30.6 Å². The molecule has 2 fully saturated rings. The Labute approximate surface area is 162 Å². The number of hydrogen-bond acceptors (Lipinski definition) is 6. The van der Waals surface area contributed by atoms with Crippen molar-refractivity contribution in [3.63, 3.8) is 0 Å². The smallest absolute Gasteiger partial charge is 0.294 e. The molecule has 7 nitrogen and oxygen atoms in total. The Balaban J connectivity index is 1.34. The number of nitrogens with zero attached hydrogens (tertiary/aromatic N) is 1. The van der Waals surface area contributed by atoms with Gasteiger partial charge in [-0.15, -0.1) is 0 Å². The van der Waals surface area contributed by atoms with Gasteiger partial charge in [-0.3, -0.25) is 15.0 Å². The Kier molecular flexibility index (Phi) is 4.26. The second kappa shape index (κ2) is 6.92. The molecule has 3 heterocycles. The third-order valence-electron chi connectivity index (χ3n) is 5.78. The third kappa shape index (κ3) is 2.93. The van der Waals surface area contributed by atoms with E-state index < -0.39 is 11.7 Å². The lowest BCUT2D eigenvalue weighted by molar-refractivity contribution is -0.128. The van der Waals surface area contributed by atoms with Crippen molar-refractivity contribution >= 4 is 11.7 Å². The monoisotopic (exact) mass is 379 g/mol. The first-order chi connectivity index (χ1) is 13.7. The Morgan fingerprint density at radius 1 is 1.00 bits per heavy atom. The van der Waals surface area contributed by atoms with Crippen LogP contribution in [0.3, 0.4) is 0 Å². The maximum Gasteiger partial charge on any atom is 0.294 e. The predicted octanol–water partition coefficient (Wildman–Crippen LogP) is 1.66. The van der Waals surface area contributed by atoms with E-state index in [-0.39, 0.29) is 24.8 Å². The van der Waals surface area contributed by atoms with Gasteiger partial charge in [-0.05, 0) is 24.1 Å². The molecule has 0 radical (unpaired) electrons. The van der Waals surface area contributed by atoms with Gasteiger partial charge in [-0.25, -0.2) is 5.43 Å². The van der Waals surface area contributed by atoms with Crippen LogP contribution in [0.1, 0.15) is 28.4 Å². The van der Waals surface area contributed by atoms with Crippen molar-refractivity contribution in [2.75, 3.05) is 19.9 Å². The first-order valence-corrected chi connectivity index (χ1v) is 9.50. The lowest BCUT2D eigenvalue weighted by Crippen LogP contribution is -2.49. The molecule has 2 saturated heterocycles. The summed E-state index contributed by atoms with van der Waals surface area (Å²) >= 11 is 0. The lowest BCUT2D eigenvalue weighted by Gasteiger charge is -2.35. The number of rotatable bonds is 3. The van der Waals surface area contributed by atoms with Crippen LogP contribution < -0.4 is 20.3 Å². The van der Waals surface area contributed by atoms with Crippen molar-refractivity contribution in [2.45, 2.75) is 18.5 Å². The van der Waals surface area contributed by atoms with Gasteiger partial charge < -0.3 is 14.4 Å². The number of hydrazine groups is 1. The molecule has 0 aliphatic carbocycles. The Morgan fingerprint density at radius 2 is 1.82 bits per heavy atom. The first-order valence-electron chi connectivity index (χ1n) is 9.50. The SMILES string of the molecule is O=C(C(=O)N1CCC2NNC(c3ccc4c(c3)OCO4)C2C1)c1ccccc1. The highest BCUT2D eigenvalue weighted by Crippen LogP contribution is 2.39. The minimum absolute atomic E-state index is 0.0296. The minimum Gasteiger partial charge on any atom is -0.454 e. The predicted molar refractivity (Wildman–Crippen MR) is 101 cm³/mol. The number of ether oxygens (including phenoxy) is 2. The molecule has 3 atom stereocenters. The quantitative estimate of drug-likeness (QED) is 0.624. The molecule has 0 spiro atoms. The van der Waals surface area contributed by atoms with E-state index in [2.05, 4.69) is 10.9 Å². The maximum atomic E-state index is 12.8. The van der Waals surface area contributed by atoms with Crippen molar-refractivity contribution in [1.82, 2.24) is 15.8 Å². The van der Waals surface area contributed by atoms with Crippen LogP contribution in [-0.4, -0.2) is 42.5 Å². The number of Topliss-reactive ketones (excluding diaryl/α,β-unsaturated/α-hetero) is 1.